The van der Waals surface area contributed by atoms with Gasteiger partial charge in [0.05, 0.1) is 39.9 Å². The Morgan fingerprint density at radius 3 is 2.15 bits per heavy atom. The molecule has 1 aromatic heterocycles. The summed E-state index contributed by atoms with van der Waals surface area (Å²) in [5, 5.41) is 26.5. The normalized spacial score (nSPS) is 18.3. The number of likely N-dealkylation sites (tertiary alicyclic amines) is 1. The first-order valence-electron chi connectivity index (χ1n) is 25.1. The largest absolute Gasteiger partial charge is 0.481 e. The van der Waals surface area contributed by atoms with Gasteiger partial charge in [-0.25, -0.2) is 8.42 Å². The van der Waals surface area contributed by atoms with Gasteiger partial charge in [0.1, 0.15) is 5.69 Å². The predicted molar refractivity (Wildman–Crippen MR) is 299 cm³/mol. The van der Waals surface area contributed by atoms with Crippen LogP contribution in [0.5, 0.6) is 0 Å². The molecule has 0 saturated carbocycles. The molecule has 0 spiro atoms. The summed E-state index contributed by atoms with van der Waals surface area (Å²) in [7, 11) is -7.37. The highest BCUT2D eigenvalue weighted by Gasteiger charge is 2.41. The van der Waals surface area contributed by atoms with Crippen LogP contribution in [0.4, 0.5) is 28.4 Å². The number of nitro groups is 1. The van der Waals surface area contributed by atoms with Crippen LogP contribution >= 0.6 is 30.9 Å². The zero-order valence-corrected chi connectivity index (χ0v) is 45.4. The van der Waals surface area contributed by atoms with Crippen LogP contribution in [0.2, 0.25) is 5.02 Å². The summed E-state index contributed by atoms with van der Waals surface area (Å²) < 4.78 is 51.9. The maximum atomic E-state index is 14.9. The van der Waals surface area contributed by atoms with Crippen molar-refractivity contribution in [3.8, 4) is 22.4 Å². The monoisotopic (exact) mass is 1080 g/mol. The number of anilines is 4. The number of rotatable bonds is 18. The van der Waals surface area contributed by atoms with Gasteiger partial charge in [-0.3, -0.25) is 24.1 Å². The average molecular weight is 1080 g/mol. The number of piperidine rings is 1. The van der Waals surface area contributed by atoms with Gasteiger partial charge in [-0.05, 0) is 137 Å². The molecule has 74 heavy (non-hydrogen) atoms. The molecule has 15 nitrogen and oxygen atoms in total. The van der Waals surface area contributed by atoms with Crippen molar-refractivity contribution in [1.29, 1.82) is 0 Å². The van der Waals surface area contributed by atoms with Crippen molar-refractivity contribution in [2.24, 2.45) is 5.92 Å². The number of nitro benzene ring substituents is 1. The molecular formula is C55H63ClN7O8PS2. The molecule has 6 aromatic rings. The summed E-state index contributed by atoms with van der Waals surface area (Å²) in [5.74, 6) is -0.440. The first kappa shape index (κ1) is 53.0. The number of halogens is 1. The van der Waals surface area contributed by atoms with Gasteiger partial charge in [-0.15, -0.1) is 11.8 Å². The highest BCUT2D eigenvalue weighted by Crippen LogP contribution is 2.56. The predicted octanol–water partition coefficient (Wildman–Crippen LogP) is 11.1. The van der Waals surface area contributed by atoms with E-state index in [1.54, 1.807) is 28.6 Å². The number of carbonyl (C=O) groups is 1. The Kier molecular flexibility index (Phi) is 16.2. The number of hydrogen-bond acceptors (Lipinski definition) is 12. The van der Waals surface area contributed by atoms with Crippen molar-refractivity contribution in [3.05, 3.63) is 142 Å². The van der Waals surface area contributed by atoms with E-state index in [1.807, 2.05) is 97.9 Å². The summed E-state index contributed by atoms with van der Waals surface area (Å²) in [6.45, 7) is 11.5. The number of thioether (sulfide) groups is 1. The lowest BCUT2D eigenvalue weighted by Crippen LogP contribution is -2.46. The quantitative estimate of drug-likeness (QED) is 0.0361. The zero-order chi connectivity index (χ0) is 52.3. The number of sulfone groups is 1. The average Bonchev–Trinajstić information content (AvgIpc) is 3.96. The van der Waals surface area contributed by atoms with Crippen LogP contribution < -0.4 is 25.1 Å². The Labute approximate surface area is 443 Å². The lowest BCUT2D eigenvalue weighted by atomic mass is 9.97. The molecule has 0 bridgehead atoms. The number of aromatic nitrogens is 1. The van der Waals surface area contributed by atoms with E-state index in [4.69, 9.17) is 16.1 Å². The van der Waals surface area contributed by atoms with Gasteiger partial charge in [0.2, 0.25) is 0 Å². The Balaban J connectivity index is 0.887. The van der Waals surface area contributed by atoms with Crippen molar-refractivity contribution in [3.63, 3.8) is 0 Å². The van der Waals surface area contributed by atoms with Crippen LogP contribution in [-0.4, -0.2) is 111 Å². The summed E-state index contributed by atoms with van der Waals surface area (Å²) in [6.07, 6.45) is 3.15. The Hall–Kier alpha value is -5.81. The van der Waals surface area contributed by atoms with Gasteiger partial charge in [0.15, 0.2) is 9.84 Å². The van der Waals surface area contributed by atoms with Crippen molar-refractivity contribution in [2.45, 2.75) is 61.9 Å². The second-order valence-corrected chi connectivity index (χ2v) is 25.3. The second-order valence-electron chi connectivity index (χ2n) is 19.6. The van der Waals surface area contributed by atoms with E-state index >= 15 is 0 Å². The second kappa shape index (κ2) is 22.6. The smallest absolute Gasteiger partial charge is 0.326 e. The fourth-order valence-corrected chi connectivity index (χ4v) is 15.2. The standard InChI is InChI=1S/C55H63ClN7O8PS2/c1-38(2)62-39(3)54(74(4,69)70)52(53(62)40-13-15-43(56)16-14-40)42-9-8-10-47(35-42)60-31-29-59(30-32-60)45-17-19-46(20-18-45)61-33-34-71-72(61,68)48-21-22-50(51(36-48)63(66)67)57-44(37-73-49-11-6-5-7-12-49)25-28-58-26-23-41(24-27-58)55(64)65/h5-22,35-36,38,41,44,57H,23-34,37H2,1-4H3,(H,64,65)/t44-,72-/m1/s1. The first-order valence-corrected chi connectivity index (χ1v) is 29.9. The minimum atomic E-state index is -3.74. The third-order valence-corrected chi connectivity index (χ3v) is 19.6. The van der Waals surface area contributed by atoms with Gasteiger partial charge in [-0.1, -0.05) is 54.1 Å². The van der Waals surface area contributed by atoms with Crippen LogP contribution in [0.15, 0.2) is 131 Å². The fraction of sp³-hybridized carbons (Fsp3) is 0.364. The van der Waals surface area contributed by atoms with E-state index in [2.05, 4.69) is 50.6 Å². The molecule has 3 aliphatic rings. The van der Waals surface area contributed by atoms with Crippen molar-refractivity contribution >= 4 is 80.4 Å². The molecule has 0 aliphatic carbocycles. The molecule has 5 aromatic carbocycles. The third kappa shape index (κ3) is 11.5. The highest BCUT2D eigenvalue weighted by atomic mass is 35.5. The number of piperazine rings is 1. The number of carboxylic acid groups (broad SMARTS) is 1. The Bertz CT molecular complexity index is 3150. The van der Waals surface area contributed by atoms with Crippen molar-refractivity contribution < 1.29 is 32.3 Å². The van der Waals surface area contributed by atoms with Gasteiger partial charge in [0.25, 0.3) is 5.69 Å². The topological polar surface area (TPSA) is 171 Å². The maximum Gasteiger partial charge on any atom is 0.326 e. The first-order chi connectivity index (χ1) is 35.5. The molecule has 19 heteroatoms. The highest BCUT2D eigenvalue weighted by molar-refractivity contribution is 7.99. The lowest BCUT2D eigenvalue weighted by Gasteiger charge is -2.37. The minimum absolute atomic E-state index is 0.00602. The summed E-state index contributed by atoms with van der Waals surface area (Å²) in [4.78, 5) is 32.1. The van der Waals surface area contributed by atoms with E-state index in [-0.39, 0.29) is 35.6 Å². The molecule has 3 aliphatic heterocycles. The fourth-order valence-electron chi connectivity index (χ4n) is 10.6. The minimum Gasteiger partial charge on any atom is -0.481 e. The van der Waals surface area contributed by atoms with E-state index < -0.39 is 28.2 Å². The Morgan fingerprint density at radius 2 is 1.51 bits per heavy atom. The molecule has 2 N–H and O–H groups in total. The summed E-state index contributed by atoms with van der Waals surface area (Å²) in [6, 6.07) is 38.1. The van der Waals surface area contributed by atoms with Crippen LogP contribution in [0.1, 0.15) is 44.8 Å². The number of nitrogens with zero attached hydrogens (tertiary/aromatic N) is 6. The third-order valence-electron chi connectivity index (χ3n) is 14.4. The van der Waals surface area contributed by atoms with Crippen LogP contribution in [-0.2, 0) is 23.7 Å². The van der Waals surface area contributed by atoms with Crippen molar-refractivity contribution in [2.75, 3.05) is 90.8 Å². The summed E-state index contributed by atoms with van der Waals surface area (Å²) >= 11 is 7.97. The van der Waals surface area contributed by atoms with Crippen LogP contribution in [0.25, 0.3) is 22.4 Å². The molecule has 3 fully saturated rings. The molecule has 4 heterocycles. The number of nitrogens with one attached hydrogen (secondary N) is 1. The number of carboxylic acids is 1. The van der Waals surface area contributed by atoms with Gasteiger partial charge in [0, 0.05) is 101 Å². The van der Waals surface area contributed by atoms with Crippen molar-refractivity contribution in [1.82, 2.24) is 9.47 Å². The Morgan fingerprint density at radius 1 is 0.851 bits per heavy atom. The van der Waals surface area contributed by atoms with Crippen LogP contribution in [0.3, 0.4) is 0 Å². The zero-order valence-electron chi connectivity index (χ0n) is 42.1. The molecular weight excluding hydrogens is 1020 g/mol. The van der Waals surface area contributed by atoms with Crippen LogP contribution in [0, 0.1) is 23.0 Å². The number of aliphatic carboxylic acids is 1. The molecule has 0 unspecified atom stereocenters. The molecule has 390 valence electrons. The molecule has 3 saturated heterocycles. The molecule has 2 atom stereocenters. The summed E-state index contributed by atoms with van der Waals surface area (Å²) in [5.41, 5.74) is 6.74. The lowest BCUT2D eigenvalue weighted by molar-refractivity contribution is -0.383. The van der Waals surface area contributed by atoms with E-state index in [0.29, 0.717) is 83.7 Å². The molecule has 9 rings (SSSR count). The number of hydrogen-bond donors (Lipinski definition) is 2. The van der Waals surface area contributed by atoms with Gasteiger partial charge >= 0.3 is 13.5 Å². The molecule has 0 amide bonds. The number of benzene rings is 5. The van der Waals surface area contributed by atoms with E-state index in [1.165, 1.54) is 12.3 Å². The SMILES string of the molecule is Cc1c(S(C)(=O)=O)c(-c2cccc(N3CCN(c4ccc(N5CCO[P@]5(=O)c5ccc(N[C@H](CCN6CCC(C(=O)O)CC6)CSc6ccccc6)c([N+](=O)[O-])c5)cc4)CC3)c2)c(-c2ccc(Cl)cc2)n1C(C)C. The van der Waals surface area contributed by atoms with E-state index in [9.17, 15) is 33.0 Å². The maximum absolute atomic E-state index is 14.9. The van der Waals surface area contributed by atoms with Gasteiger partial charge in [-0.2, -0.15) is 0 Å². The molecule has 0 radical (unpaired) electrons. The van der Waals surface area contributed by atoms with E-state index in [0.717, 1.165) is 59.3 Å². The van der Waals surface area contributed by atoms with Gasteiger partial charge < -0.3 is 34.2 Å².